The van der Waals surface area contributed by atoms with Crippen LogP contribution in [0.15, 0.2) is 6.20 Å². The lowest BCUT2D eigenvalue weighted by Gasteiger charge is -2.24. The summed E-state index contributed by atoms with van der Waals surface area (Å²) in [6, 6.07) is 0.295. The summed E-state index contributed by atoms with van der Waals surface area (Å²) in [4.78, 5) is 0. The van der Waals surface area contributed by atoms with Gasteiger partial charge in [0.15, 0.2) is 0 Å². The molecule has 1 aliphatic rings. The highest BCUT2D eigenvalue weighted by molar-refractivity contribution is 7.99. The van der Waals surface area contributed by atoms with Gasteiger partial charge in [-0.15, -0.1) is 0 Å². The zero-order valence-electron chi connectivity index (χ0n) is 12.6. The Bertz CT molecular complexity index is 402. The van der Waals surface area contributed by atoms with Crippen molar-refractivity contribution in [3.05, 3.63) is 16.9 Å². The lowest BCUT2D eigenvalue weighted by molar-refractivity contribution is 0.509. The highest BCUT2D eigenvalue weighted by Gasteiger charge is 2.21. The van der Waals surface area contributed by atoms with E-state index in [9.17, 15) is 0 Å². The second-order valence-corrected chi connectivity index (χ2v) is 7.28. The molecule has 1 saturated carbocycles. The molecule has 1 fully saturated rings. The van der Waals surface area contributed by atoms with Gasteiger partial charge in [-0.25, -0.2) is 0 Å². The normalized spacial score (nSPS) is 18.4. The van der Waals surface area contributed by atoms with E-state index in [0.29, 0.717) is 6.04 Å². The van der Waals surface area contributed by atoms with Crippen molar-refractivity contribution in [3.8, 4) is 0 Å². The van der Waals surface area contributed by atoms with Gasteiger partial charge in [0.2, 0.25) is 0 Å². The molecule has 1 aromatic heterocycles. The molecule has 5 heteroatoms. The third kappa shape index (κ3) is 4.15. The molecule has 0 aromatic carbocycles. The van der Waals surface area contributed by atoms with Gasteiger partial charge >= 0.3 is 0 Å². The molecule has 1 aliphatic carbocycles. The van der Waals surface area contributed by atoms with Gasteiger partial charge in [-0.3, -0.25) is 4.68 Å². The molecule has 1 aromatic rings. The van der Waals surface area contributed by atoms with E-state index in [-0.39, 0.29) is 0 Å². The smallest absolute Gasteiger partial charge is 0.0834 e. The maximum atomic E-state index is 6.34. The van der Waals surface area contributed by atoms with Crippen LogP contribution in [0.3, 0.4) is 0 Å². The van der Waals surface area contributed by atoms with Gasteiger partial charge in [-0.2, -0.15) is 16.9 Å². The Kier molecular flexibility index (Phi) is 6.72. The van der Waals surface area contributed by atoms with Crippen molar-refractivity contribution in [3.63, 3.8) is 0 Å². The van der Waals surface area contributed by atoms with Crippen LogP contribution in [-0.2, 0) is 6.54 Å². The van der Waals surface area contributed by atoms with Gasteiger partial charge in [0.05, 0.1) is 23.0 Å². The second kappa shape index (κ2) is 8.30. The number of nitrogens with one attached hydrogen (secondary N) is 1. The number of hydrogen-bond donors (Lipinski definition) is 1. The zero-order valence-corrected chi connectivity index (χ0v) is 14.1. The zero-order chi connectivity index (χ0) is 14.4. The first kappa shape index (κ1) is 16.2. The minimum Gasteiger partial charge on any atom is -0.311 e. The largest absolute Gasteiger partial charge is 0.311 e. The van der Waals surface area contributed by atoms with Crippen LogP contribution in [0.4, 0.5) is 0 Å². The van der Waals surface area contributed by atoms with E-state index in [2.05, 4.69) is 33.8 Å². The molecule has 0 amide bonds. The molecule has 0 aliphatic heterocycles. The van der Waals surface area contributed by atoms with Crippen molar-refractivity contribution >= 4 is 23.4 Å². The molecule has 20 heavy (non-hydrogen) atoms. The predicted octanol–water partition coefficient (Wildman–Crippen LogP) is 4.27. The molecular weight excluding hydrogens is 290 g/mol. The minimum atomic E-state index is 0.295. The van der Waals surface area contributed by atoms with Crippen LogP contribution in [0, 0.1) is 0 Å². The van der Waals surface area contributed by atoms with E-state index in [4.69, 9.17) is 11.6 Å². The number of thioether (sulfide) groups is 1. The van der Waals surface area contributed by atoms with Crippen LogP contribution < -0.4 is 5.32 Å². The first-order valence-electron chi connectivity index (χ1n) is 7.76. The quantitative estimate of drug-likeness (QED) is 0.814. The van der Waals surface area contributed by atoms with E-state index in [0.717, 1.165) is 34.7 Å². The number of nitrogens with zero attached hydrogens (tertiary/aromatic N) is 2. The second-order valence-electron chi connectivity index (χ2n) is 5.54. The van der Waals surface area contributed by atoms with Crippen molar-refractivity contribution < 1.29 is 0 Å². The Morgan fingerprint density at radius 1 is 1.45 bits per heavy atom. The molecule has 3 nitrogen and oxygen atoms in total. The van der Waals surface area contributed by atoms with Gasteiger partial charge in [0.1, 0.15) is 0 Å². The van der Waals surface area contributed by atoms with E-state index < -0.39 is 0 Å². The monoisotopic (exact) mass is 315 g/mol. The molecule has 1 N–H and O–H groups in total. The summed E-state index contributed by atoms with van der Waals surface area (Å²) in [5.74, 6) is 1.08. The van der Waals surface area contributed by atoms with Crippen LogP contribution in [-0.4, -0.2) is 27.8 Å². The number of aryl methyl sites for hydroxylation is 1. The van der Waals surface area contributed by atoms with Crippen LogP contribution in [0.5, 0.6) is 0 Å². The van der Waals surface area contributed by atoms with Gasteiger partial charge in [0, 0.05) is 17.5 Å². The fourth-order valence-electron chi connectivity index (χ4n) is 2.87. The highest BCUT2D eigenvalue weighted by atomic mass is 35.5. The predicted molar refractivity (Wildman–Crippen MR) is 88.7 cm³/mol. The maximum absolute atomic E-state index is 6.34. The lowest BCUT2D eigenvalue weighted by Crippen LogP contribution is -2.24. The summed E-state index contributed by atoms with van der Waals surface area (Å²) in [6.45, 7) is 3.11. The maximum Gasteiger partial charge on any atom is 0.0834 e. The van der Waals surface area contributed by atoms with Crippen LogP contribution in [0.25, 0.3) is 0 Å². The van der Waals surface area contributed by atoms with E-state index >= 15 is 0 Å². The molecular formula is C15H26ClN3S. The Hall–Kier alpha value is -0.190. The molecule has 0 bridgehead atoms. The lowest BCUT2D eigenvalue weighted by atomic mass is 10.0. The number of halogens is 1. The van der Waals surface area contributed by atoms with Crippen molar-refractivity contribution in [2.75, 3.05) is 12.8 Å². The summed E-state index contributed by atoms with van der Waals surface area (Å²) in [5, 5.41) is 9.45. The highest BCUT2D eigenvalue weighted by Crippen LogP contribution is 2.32. The molecule has 0 spiro atoms. The van der Waals surface area contributed by atoms with Crippen LogP contribution in [0.2, 0.25) is 5.02 Å². The van der Waals surface area contributed by atoms with Crippen molar-refractivity contribution in [2.45, 2.75) is 63.3 Å². The number of rotatable bonds is 7. The van der Waals surface area contributed by atoms with Crippen molar-refractivity contribution in [1.82, 2.24) is 15.1 Å². The average Bonchev–Trinajstić information content (AvgIpc) is 2.83. The summed E-state index contributed by atoms with van der Waals surface area (Å²) >= 11 is 8.44. The third-order valence-electron chi connectivity index (χ3n) is 4.00. The first-order chi connectivity index (χ1) is 9.76. The summed E-state index contributed by atoms with van der Waals surface area (Å²) in [7, 11) is 2.02. The minimum absolute atomic E-state index is 0.295. The Morgan fingerprint density at radius 2 is 2.20 bits per heavy atom. The Morgan fingerprint density at radius 3 is 2.85 bits per heavy atom. The third-order valence-corrected chi connectivity index (χ3v) is 5.76. The molecule has 1 unspecified atom stereocenters. The van der Waals surface area contributed by atoms with E-state index in [1.165, 1.54) is 32.1 Å². The number of hydrogen-bond acceptors (Lipinski definition) is 3. The van der Waals surface area contributed by atoms with Crippen LogP contribution in [0.1, 0.15) is 57.2 Å². The summed E-state index contributed by atoms with van der Waals surface area (Å²) in [6.07, 6.45) is 9.83. The van der Waals surface area contributed by atoms with Gasteiger partial charge < -0.3 is 5.32 Å². The van der Waals surface area contributed by atoms with E-state index in [1.54, 1.807) is 6.20 Å². The van der Waals surface area contributed by atoms with Crippen molar-refractivity contribution in [2.24, 2.45) is 0 Å². The first-order valence-corrected chi connectivity index (χ1v) is 9.19. The van der Waals surface area contributed by atoms with Crippen LogP contribution >= 0.6 is 23.4 Å². The summed E-state index contributed by atoms with van der Waals surface area (Å²) in [5.41, 5.74) is 1.15. The molecule has 1 atom stereocenters. The molecule has 114 valence electrons. The standard InChI is InChI=1S/C15H26ClN3S/c1-3-9-19-15(13(16)10-18-19)14(17-2)11-20-12-7-5-4-6-8-12/h10,12,14,17H,3-9,11H2,1-2H3. The fraction of sp³-hybridized carbons (Fsp3) is 0.800. The molecule has 1 heterocycles. The van der Waals surface area contributed by atoms with Crippen molar-refractivity contribution in [1.29, 1.82) is 0 Å². The molecule has 0 saturated heterocycles. The summed E-state index contributed by atoms with van der Waals surface area (Å²) < 4.78 is 2.06. The number of aromatic nitrogens is 2. The van der Waals surface area contributed by atoms with Gasteiger partial charge in [-0.1, -0.05) is 37.8 Å². The molecule has 0 radical (unpaired) electrons. The van der Waals surface area contributed by atoms with E-state index in [1.807, 2.05) is 7.05 Å². The average molecular weight is 316 g/mol. The van der Waals surface area contributed by atoms with Gasteiger partial charge in [0.25, 0.3) is 0 Å². The SMILES string of the molecule is CCCn1ncc(Cl)c1C(CSC1CCCCC1)NC. The molecule has 2 rings (SSSR count). The Balaban J connectivity index is 1.98. The Labute approximate surface area is 131 Å². The van der Waals surface area contributed by atoms with Gasteiger partial charge in [-0.05, 0) is 26.3 Å². The fourth-order valence-corrected chi connectivity index (χ4v) is 4.60. The topological polar surface area (TPSA) is 29.9 Å².